The average Bonchev–Trinajstić information content (AvgIpc) is 3.13. The highest BCUT2D eigenvalue weighted by atomic mass is 15.0. The van der Waals surface area contributed by atoms with Crippen LogP contribution in [-0.2, 0) is 0 Å². The van der Waals surface area contributed by atoms with E-state index in [1.54, 1.807) is 18.6 Å². The van der Waals surface area contributed by atoms with Crippen molar-refractivity contribution in [1.82, 2.24) is 19.5 Å². The SMILES string of the molecule is c1ccc(-n2c3ccccc3c3ccc(-c4nccc5nccnc45)cc32)cc1. The average molecular weight is 372 g/mol. The predicted molar refractivity (Wildman–Crippen MR) is 117 cm³/mol. The Labute approximate surface area is 167 Å². The summed E-state index contributed by atoms with van der Waals surface area (Å²) in [7, 11) is 0. The molecule has 3 heterocycles. The Balaban J connectivity index is 1.71. The quantitative estimate of drug-likeness (QED) is 0.386. The number of aromatic nitrogens is 4. The maximum Gasteiger partial charge on any atom is 0.115 e. The van der Waals surface area contributed by atoms with Crippen molar-refractivity contribution in [3.8, 4) is 16.9 Å². The maximum atomic E-state index is 4.63. The Kier molecular flexibility index (Phi) is 3.43. The molecule has 0 spiro atoms. The number of fused-ring (bicyclic) bond motifs is 4. The van der Waals surface area contributed by atoms with Crippen molar-refractivity contribution in [2.75, 3.05) is 0 Å². The third-order valence-corrected chi connectivity index (χ3v) is 5.35. The van der Waals surface area contributed by atoms with Gasteiger partial charge in [0.15, 0.2) is 0 Å². The highest BCUT2D eigenvalue weighted by molar-refractivity contribution is 6.10. The molecule has 0 saturated heterocycles. The van der Waals surface area contributed by atoms with E-state index < -0.39 is 0 Å². The molecule has 0 saturated carbocycles. The maximum absolute atomic E-state index is 4.63. The molecular formula is C25H16N4. The summed E-state index contributed by atoms with van der Waals surface area (Å²) in [6.07, 6.45) is 5.22. The van der Waals surface area contributed by atoms with Crippen molar-refractivity contribution >= 4 is 32.8 Å². The molecule has 0 N–H and O–H groups in total. The standard InChI is InChI=1S/C25H16N4/c1-2-6-18(7-3-1)29-22-9-5-4-8-19(22)20-11-10-17(16-23(20)29)24-25-21(12-13-27-24)26-14-15-28-25/h1-16H. The molecule has 3 aromatic carbocycles. The summed E-state index contributed by atoms with van der Waals surface area (Å²) in [6.45, 7) is 0. The normalized spacial score (nSPS) is 11.4. The van der Waals surface area contributed by atoms with Crippen molar-refractivity contribution in [3.63, 3.8) is 0 Å². The van der Waals surface area contributed by atoms with Crippen LogP contribution >= 0.6 is 0 Å². The molecule has 3 aromatic heterocycles. The number of benzene rings is 3. The zero-order valence-electron chi connectivity index (χ0n) is 15.5. The largest absolute Gasteiger partial charge is 0.309 e. The topological polar surface area (TPSA) is 43.6 Å². The summed E-state index contributed by atoms with van der Waals surface area (Å²) in [6, 6.07) is 27.4. The zero-order chi connectivity index (χ0) is 19.2. The number of nitrogens with zero attached hydrogens (tertiary/aromatic N) is 4. The van der Waals surface area contributed by atoms with Crippen molar-refractivity contribution < 1.29 is 0 Å². The van der Waals surface area contributed by atoms with E-state index in [2.05, 4.69) is 86.2 Å². The van der Waals surface area contributed by atoms with Gasteiger partial charge >= 0.3 is 0 Å². The van der Waals surface area contributed by atoms with Crippen LogP contribution in [0, 0.1) is 0 Å². The molecule has 0 unspecified atom stereocenters. The van der Waals surface area contributed by atoms with Crippen LogP contribution in [0.1, 0.15) is 0 Å². The lowest BCUT2D eigenvalue weighted by molar-refractivity contribution is 1.18. The lowest BCUT2D eigenvalue weighted by Crippen LogP contribution is -1.94. The molecule has 0 aliphatic rings. The van der Waals surface area contributed by atoms with Crippen molar-refractivity contribution in [3.05, 3.63) is 97.5 Å². The highest BCUT2D eigenvalue weighted by Gasteiger charge is 2.14. The van der Waals surface area contributed by atoms with Gasteiger partial charge in [0.05, 0.1) is 22.2 Å². The zero-order valence-corrected chi connectivity index (χ0v) is 15.5. The van der Waals surface area contributed by atoms with Gasteiger partial charge in [-0.3, -0.25) is 15.0 Å². The molecule has 136 valence electrons. The molecule has 0 radical (unpaired) electrons. The van der Waals surface area contributed by atoms with E-state index >= 15 is 0 Å². The van der Waals surface area contributed by atoms with Crippen LogP contribution in [0.5, 0.6) is 0 Å². The number of pyridine rings is 1. The van der Waals surface area contributed by atoms with Crippen molar-refractivity contribution in [2.24, 2.45) is 0 Å². The summed E-state index contributed by atoms with van der Waals surface area (Å²) in [5.41, 5.74) is 7.03. The molecular weight excluding hydrogens is 356 g/mol. The molecule has 0 aliphatic heterocycles. The van der Waals surface area contributed by atoms with Gasteiger partial charge in [-0.2, -0.15) is 0 Å². The Bertz CT molecular complexity index is 1490. The van der Waals surface area contributed by atoms with Crippen LogP contribution in [0.3, 0.4) is 0 Å². The summed E-state index contributed by atoms with van der Waals surface area (Å²) < 4.78 is 2.31. The number of hydrogen-bond acceptors (Lipinski definition) is 3. The minimum atomic E-state index is 0.816. The van der Waals surface area contributed by atoms with E-state index in [4.69, 9.17) is 0 Å². The molecule has 0 aliphatic carbocycles. The number of hydrogen-bond donors (Lipinski definition) is 0. The van der Waals surface area contributed by atoms with Gasteiger partial charge in [0.2, 0.25) is 0 Å². The van der Waals surface area contributed by atoms with Gasteiger partial charge in [-0.1, -0.05) is 48.5 Å². The number of para-hydroxylation sites is 2. The molecule has 0 fully saturated rings. The number of rotatable bonds is 2. The third kappa shape index (κ3) is 2.43. The molecule has 6 aromatic rings. The Morgan fingerprint density at radius 1 is 0.586 bits per heavy atom. The fourth-order valence-corrected chi connectivity index (χ4v) is 4.08. The summed E-state index contributed by atoms with van der Waals surface area (Å²) in [4.78, 5) is 13.6. The van der Waals surface area contributed by atoms with Gasteiger partial charge in [-0.15, -0.1) is 0 Å². The molecule has 4 heteroatoms. The fourth-order valence-electron chi connectivity index (χ4n) is 4.08. The van der Waals surface area contributed by atoms with Crippen LogP contribution in [-0.4, -0.2) is 19.5 Å². The van der Waals surface area contributed by atoms with Crippen LogP contribution in [0.15, 0.2) is 97.5 Å². The Morgan fingerprint density at radius 2 is 1.38 bits per heavy atom. The molecule has 6 rings (SSSR count). The van der Waals surface area contributed by atoms with E-state index in [-0.39, 0.29) is 0 Å². The molecule has 0 amide bonds. The molecule has 0 bridgehead atoms. The highest BCUT2D eigenvalue weighted by Crippen LogP contribution is 2.35. The van der Waals surface area contributed by atoms with Gasteiger partial charge in [0.1, 0.15) is 5.52 Å². The van der Waals surface area contributed by atoms with Crippen LogP contribution in [0.4, 0.5) is 0 Å². The second-order valence-corrected chi connectivity index (χ2v) is 7.00. The Morgan fingerprint density at radius 3 is 2.31 bits per heavy atom. The second kappa shape index (κ2) is 6.24. The first-order valence-electron chi connectivity index (χ1n) is 9.55. The molecule has 29 heavy (non-hydrogen) atoms. The monoisotopic (exact) mass is 372 g/mol. The summed E-state index contributed by atoms with van der Waals surface area (Å²) >= 11 is 0. The van der Waals surface area contributed by atoms with E-state index in [0.29, 0.717) is 0 Å². The lowest BCUT2D eigenvalue weighted by Gasteiger charge is -2.09. The van der Waals surface area contributed by atoms with Crippen LogP contribution in [0.25, 0.3) is 49.8 Å². The smallest absolute Gasteiger partial charge is 0.115 e. The lowest BCUT2D eigenvalue weighted by atomic mass is 10.1. The first-order valence-corrected chi connectivity index (χ1v) is 9.55. The molecule has 0 atom stereocenters. The van der Waals surface area contributed by atoms with Gasteiger partial charge in [0.25, 0.3) is 0 Å². The summed E-state index contributed by atoms with van der Waals surface area (Å²) in [5.74, 6) is 0. The van der Waals surface area contributed by atoms with E-state index in [1.165, 1.54) is 16.3 Å². The minimum absolute atomic E-state index is 0.816. The van der Waals surface area contributed by atoms with Crippen LogP contribution < -0.4 is 0 Å². The van der Waals surface area contributed by atoms with Gasteiger partial charge < -0.3 is 4.57 Å². The van der Waals surface area contributed by atoms with Crippen molar-refractivity contribution in [2.45, 2.75) is 0 Å². The van der Waals surface area contributed by atoms with E-state index in [1.807, 2.05) is 12.1 Å². The van der Waals surface area contributed by atoms with E-state index in [0.717, 1.165) is 33.5 Å². The molecule has 4 nitrogen and oxygen atoms in total. The third-order valence-electron chi connectivity index (χ3n) is 5.35. The van der Waals surface area contributed by atoms with Gasteiger partial charge in [-0.25, -0.2) is 0 Å². The summed E-state index contributed by atoms with van der Waals surface area (Å²) in [5, 5.41) is 2.46. The predicted octanol–water partition coefficient (Wildman–Crippen LogP) is 5.79. The first-order chi connectivity index (χ1) is 14.4. The van der Waals surface area contributed by atoms with Crippen LogP contribution in [0.2, 0.25) is 0 Å². The van der Waals surface area contributed by atoms with Gasteiger partial charge in [-0.05, 0) is 30.3 Å². The van der Waals surface area contributed by atoms with E-state index in [9.17, 15) is 0 Å². The fraction of sp³-hybridized carbons (Fsp3) is 0. The van der Waals surface area contributed by atoms with Gasteiger partial charge in [0, 0.05) is 40.6 Å². The minimum Gasteiger partial charge on any atom is -0.309 e. The second-order valence-electron chi connectivity index (χ2n) is 7.00. The first kappa shape index (κ1) is 16.0. The Hall–Kier alpha value is -4.05. The van der Waals surface area contributed by atoms with Crippen molar-refractivity contribution in [1.29, 1.82) is 0 Å².